The Morgan fingerprint density at radius 2 is 1.81 bits per heavy atom. The number of nitrogens with zero attached hydrogens (tertiary/aromatic N) is 2. The van der Waals surface area contributed by atoms with Gasteiger partial charge in [0.25, 0.3) is 0 Å². The van der Waals surface area contributed by atoms with Gasteiger partial charge in [0.05, 0.1) is 18.8 Å². The first-order valence-corrected chi connectivity index (χ1v) is 12.1. The van der Waals surface area contributed by atoms with Crippen LogP contribution in [-0.4, -0.2) is 73.2 Å². The van der Waals surface area contributed by atoms with E-state index in [1.54, 1.807) is 0 Å². The minimum Gasteiger partial charge on any atom is -0.454 e. The largest absolute Gasteiger partial charge is 0.454 e. The lowest BCUT2D eigenvalue weighted by Gasteiger charge is -2.37. The Morgan fingerprint density at radius 3 is 2.58 bits per heavy atom. The standard InChI is InChI=1S/C25H40N2O4/c1-18(2)21-6-4-19(3)24(13-21)29-16-22(28)15-27-10-8-26(9-11-27)14-20-5-7-23-25(12-20)31-17-30-23/h5,7,12,18-19,21-22,24,28H,4,6,8-11,13-17H2,1-3H3/t19-,21+,22-,24-/m0/s1. The van der Waals surface area contributed by atoms with Crippen molar-refractivity contribution in [2.45, 2.75) is 58.8 Å². The molecule has 174 valence electrons. The Morgan fingerprint density at radius 1 is 1.06 bits per heavy atom. The van der Waals surface area contributed by atoms with Crippen molar-refractivity contribution in [3.05, 3.63) is 23.8 Å². The van der Waals surface area contributed by atoms with Crippen LogP contribution in [0.5, 0.6) is 11.5 Å². The number of hydrogen-bond acceptors (Lipinski definition) is 6. The molecule has 0 spiro atoms. The molecule has 6 heteroatoms. The molecule has 4 atom stereocenters. The van der Waals surface area contributed by atoms with Crippen molar-refractivity contribution < 1.29 is 19.3 Å². The van der Waals surface area contributed by atoms with Crippen LogP contribution >= 0.6 is 0 Å². The third-order valence-electron chi connectivity index (χ3n) is 7.39. The average Bonchev–Trinajstić information content (AvgIpc) is 3.22. The van der Waals surface area contributed by atoms with Gasteiger partial charge < -0.3 is 19.3 Å². The van der Waals surface area contributed by atoms with E-state index in [1.165, 1.54) is 18.4 Å². The predicted octanol–water partition coefficient (Wildman–Crippen LogP) is 3.37. The molecule has 1 N–H and O–H groups in total. The van der Waals surface area contributed by atoms with Gasteiger partial charge in [0, 0.05) is 39.3 Å². The first-order valence-electron chi connectivity index (χ1n) is 12.1. The van der Waals surface area contributed by atoms with Crippen molar-refractivity contribution in [3.8, 4) is 11.5 Å². The second-order valence-corrected chi connectivity index (χ2v) is 10.1. The van der Waals surface area contributed by atoms with E-state index in [-0.39, 0.29) is 0 Å². The summed E-state index contributed by atoms with van der Waals surface area (Å²) in [7, 11) is 0. The number of piperazine rings is 1. The fourth-order valence-corrected chi connectivity index (χ4v) is 5.16. The molecular weight excluding hydrogens is 392 g/mol. The van der Waals surface area contributed by atoms with Gasteiger partial charge in [-0.3, -0.25) is 9.80 Å². The second-order valence-electron chi connectivity index (χ2n) is 10.1. The quantitative estimate of drug-likeness (QED) is 0.680. The van der Waals surface area contributed by atoms with Crippen molar-refractivity contribution in [1.29, 1.82) is 0 Å². The van der Waals surface area contributed by atoms with E-state index in [4.69, 9.17) is 14.2 Å². The van der Waals surface area contributed by atoms with Gasteiger partial charge in [0.15, 0.2) is 11.5 Å². The number of ether oxygens (including phenoxy) is 3. The van der Waals surface area contributed by atoms with Crippen LogP contribution in [0, 0.1) is 17.8 Å². The highest BCUT2D eigenvalue weighted by atomic mass is 16.7. The van der Waals surface area contributed by atoms with Crippen LogP contribution in [0.25, 0.3) is 0 Å². The Balaban J connectivity index is 1.16. The van der Waals surface area contributed by atoms with Crippen molar-refractivity contribution >= 4 is 0 Å². The fraction of sp³-hybridized carbons (Fsp3) is 0.760. The maximum atomic E-state index is 10.6. The summed E-state index contributed by atoms with van der Waals surface area (Å²) >= 11 is 0. The van der Waals surface area contributed by atoms with Crippen LogP contribution in [0.2, 0.25) is 0 Å². The third kappa shape index (κ3) is 6.13. The minimum atomic E-state index is -0.410. The monoisotopic (exact) mass is 432 g/mol. The Kier molecular flexibility index (Phi) is 7.75. The summed E-state index contributed by atoms with van der Waals surface area (Å²) in [4.78, 5) is 4.83. The number of β-amino-alcohol motifs (C(OH)–C–C–N with tert-alkyl or cyclic N) is 1. The molecule has 1 aliphatic carbocycles. The third-order valence-corrected chi connectivity index (χ3v) is 7.39. The van der Waals surface area contributed by atoms with Gasteiger partial charge in [-0.1, -0.05) is 26.8 Å². The van der Waals surface area contributed by atoms with Crippen molar-refractivity contribution in [2.24, 2.45) is 17.8 Å². The van der Waals surface area contributed by atoms with Crippen LogP contribution in [0.1, 0.15) is 45.6 Å². The number of rotatable bonds is 8. The Labute approximate surface area is 187 Å². The lowest BCUT2D eigenvalue weighted by Crippen LogP contribution is -2.49. The van der Waals surface area contributed by atoms with E-state index in [2.05, 4.69) is 42.7 Å². The molecule has 0 amide bonds. The maximum Gasteiger partial charge on any atom is 0.231 e. The molecule has 0 unspecified atom stereocenters. The van der Waals surface area contributed by atoms with E-state index in [9.17, 15) is 5.11 Å². The number of hydrogen-bond donors (Lipinski definition) is 1. The molecule has 31 heavy (non-hydrogen) atoms. The van der Waals surface area contributed by atoms with Gasteiger partial charge in [-0.25, -0.2) is 0 Å². The summed E-state index contributed by atoms with van der Waals surface area (Å²) in [6.45, 7) is 13.3. The van der Waals surface area contributed by atoms with Crippen LogP contribution in [-0.2, 0) is 11.3 Å². The summed E-state index contributed by atoms with van der Waals surface area (Å²) in [5, 5.41) is 10.6. The van der Waals surface area contributed by atoms with Gasteiger partial charge in [-0.2, -0.15) is 0 Å². The summed E-state index contributed by atoms with van der Waals surface area (Å²) in [5.74, 6) is 3.77. The topological polar surface area (TPSA) is 54.4 Å². The average molecular weight is 433 g/mol. The van der Waals surface area contributed by atoms with E-state index < -0.39 is 6.10 Å². The highest BCUT2D eigenvalue weighted by Crippen LogP contribution is 2.35. The molecule has 6 nitrogen and oxygen atoms in total. The molecule has 2 aliphatic heterocycles. The van der Waals surface area contributed by atoms with E-state index in [0.717, 1.165) is 62.5 Å². The molecule has 4 rings (SSSR count). The van der Waals surface area contributed by atoms with Crippen LogP contribution in [0.4, 0.5) is 0 Å². The van der Waals surface area contributed by atoms with Crippen molar-refractivity contribution in [3.63, 3.8) is 0 Å². The summed E-state index contributed by atoms with van der Waals surface area (Å²) in [6, 6.07) is 6.21. The lowest BCUT2D eigenvalue weighted by atomic mass is 9.76. The van der Waals surface area contributed by atoms with Crippen LogP contribution in [0.3, 0.4) is 0 Å². The molecule has 1 aromatic rings. The normalized spacial score (nSPS) is 28.2. The van der Waals surface area contributed by atoms with Crippen molar-refractivity contribution in [2.75, 3.05) is 46.1 Å². The molecular formula is C25H40N2O4. The molecule has 2 heterocycles. The molecule has 2 fully saturated rings. The number of fused-ring (bicyclic) bond motifs is 1. The van der Waals surface area contributed by atoms with E-state index in [1.807, 2.05) is 6.07 Å². The zero-order valence-corrected chi connectivity index (χ0v) is 19.5. The predicted molar refractivity (Wildman–Crippen MR) is 121 cm³/mol. The van der Waals surface area contributed by atoms with Crippen molar-refractivity contribution in [1.82, 2.24) is 9.80 Å². The van der Waals surface area contributed by atoms with Crippen LogP contribution < -0.4 is 9.47 Å². The highest BCUT2D eigenvalue weighted by molar-refractivity contribution is 5.44. The summed E-state index contributed by atoms with van der Waals surface area (Å²) in [5.41, 5.74) is 1.26. The molecule has 0 aromatic heterocycles. The SMILES string of the molecule is CC(C)[C@@H]1CC[C@H](C)[C@@H](OC[C@@H](O)CN2CCN(Cc3ccc4c(c3)OCO4)CC2)C1. The highest BCUT2D eigenvalue weighted by Gasteiger charge is 2.30. The van der Waals surface area contributed by atoms with Gasteiger partial charge in [0.1, 0.15) is 0 Å². The molecule has 0 bridgehead atoms. The molecule has 3 aliphatic rings. The molecule has 1 aromatic carbocycles. The van der Waals surface area contributed by atoms with Gasteiger partial charge in [-0.05, 0) is 54.7 Å². The Hall–Kier alpha value is -1.34. The fourth-order valence-electron chi connectivity index (χ4n) is 5.16. The smallest absolute Gasteiger partial charge is 0.231 e. The van der Waals surface area contributed by atoms with E-state index in [0.29, 0.717) is 32.0 Å². The molecule has 1 saturated heterocycles. The molecule has 1 saturated carbocycles. The van der Waals surface area contributed by atoms with Gasteiger partial charge in [-0.15, -0.1) is 0 Å². The minimum absolute atomic E-state index is 0.300. The lowest BCUT2D eigenvalue weighted by molar-refractivity contribution is -0.0678. The summed E-state index contributed by atoms with van der Waals surface area (Å²) in [6.07, 6.45) is 3.60. The van der Waals surface area contributed by atoms with Gasteiger partial charge >= 0.3 is 0 Å². The number of aliphatic hydroxyl groups excluding tert-OH is 1. The Bertz CT molecular complexity index is 705. The first-order chi connectivity index (χ1) is 15.0. The molecule has 0 radical (unpaired) electrons. The van der Waals surface area contributed by atoms with Crippen LogP contribution in [0.15, 0.2) is 18.2 Å². The zero-order valence-electron chi connectivity index (χ0n) is 19.5. The second kappa shape index (κ2) is 10.5. The summed E-state index contributed by atoms with van der Waals surface area (Å²) < 4.78 is 17.1. The van der Waals surface area contributed by atoms with E-state index >= 15 is 0 Å². The zero-order chi connectivity index (χ0) is 21.8. The number of aliphatic hydroxyl groups is 1. The maximum absolute atomic E-state index is 10.6. The first kappa shape index (κ1) is 22.8. The number of benzene rings is 1. The van der Waals surface area contributed by atoms with Gasteiger partial charge in [0.2, 0.25) is 6.79 Å².